The maximum Gasteiger partial charge on any atom is 0.125 e. The molecule has 0 fully saturated rings. The average molecular weight is 257 g/mol. The highest BCUT2D eigenvalue weighted by Crippen LogP contribution is 2.22. The van der Waals surface area contributed by atoms with Crippen molar-refractivity contribution in [2.24, 2.45) is 0 Å². The van der Waals surface area contributed by atoms with Crippen molar-refractivity contribution in [2.45, 2.75) is 38.6 Å². The molecule has 19 heavy (non-hydrogen) atoms. The fourth-order valence-electron chi connectivity index (χ4n) is 2.28. The fourth-order valence-corrected chi connectivity index (χ4v) is 2.28. The summed E-state index contributed by atoms with van der Waals surface area (Å²) in [5.41, 5.74) is 1.26. The smallest absolute Gasteiger partial charge is 0.125 e. The molecular weight excluding hydrogens is 234 g/mol. The van der Waals surface area contributed by atoms with Gasteiger partial charge in [0.15, 0.2) is 0 Å². The lowest BCUT2D eigenvalue weighted by Crippen LogP contribution is -2.23. The first-order valence-electron chi connectivity index (χ1n) is 7.23. The van der Waals surface area contributed by atoms with Gasteiger partial charge in [-0.25, -0.2) is 0 Å². The van der Waals surface area contributed by atoms with E-state index in [9.17, 15) is 0 Å². The molecule has 1 aromatic carbocycles. The largest absolute Gasteiger partial charge is 0.467 e. The van der Waals surface area contributed by atoms with Gasteiger partial charge in [-0.15, -0.1) is 0 Å². The summed E-state index contributed by atoms with van der Waals surface area (Å²) in [6, 6.07) is 14.6. The maximum atomic E-state index is 5.57. The molecule has 2 nitrogen and oxygen atoms in total. The van der Waals surface area contributed by atoms with Gasteiger partial charge in [0.2, 0.25) is 0 Å². The summed E-state index contributed by atoms with van der Waals surface area (Å²) in [5.74, 6) is 0.988. The Morgan fingerprint density at radius 1 is 1.00 bits per heavy atom. The standard InChI is InChI=1S/C17H23NO/c1-2-3-4-8-13-18-17(16-12-9-14-19-16)15-10-6-5-7-11-15/h5-7,9-12,14,17-18H,2-4,8,13H2,1H3. The molecule has 0 bridgehead atoms. The van der Waals surface area contributed by atoms with Crippen molar-refractivity contribution in [3.63, 3.8) is 0 Å². The third kappa shape index (κ3) is 4.25. The second-order valence-electron chi connectivity index (χ2n) is 4.87. The maximum absolute atomic E-state index is 5.57. The van der Waals surface area contributed by atoms with E-state index in [1.54, 1.807) is 6.26 Å². The summed E-state index contributed by atoms with van der Waals surface area (Å²) in [4.78, 5) is 0. The zero-order valence-electron chi connectivity index (χ0n) is 11.6. The Kier molecular flexibility index (Phi) is 5.70. The Morgan fingerprint density at radius 3 is 2.53 bits per heavy atom. The molecule has 2 aromatic rings. The number of nitrogens with one attached hydrogen (secondary N) is 1. The van der Waals surface area contributed by atoms with Crippen LogP contribution in [-0.2, 0) is 0 Å². The van der Waals surface area contributed by atoms with Crippen molar-refractivity contribution in [1.82, 2.24) is 5.32 Å². The van der Waals surface area contributed by atoms with Gasteiger partial charge in [0, 0.05) is 0 Å². The molecule has 1 unspecified atom stereocenters. The van der Waals surface area contributed by atoms with Crippen LogP contribution in [0.3, 0.4) is 0 Å². The van der Waals surface area contributed by atoms with E-state index in [0.29, 0.717) is 0 Å². The molecule has 1 atom stereocenters. The van der Waals surface area contributed by atoms with Gasteiger partial charge in [-0.1, -0.05) is 56.5 Å². The van der Waals surface area contributed by atoms with E-state index in [4.69, 9.17) is 4.42 Å². The van der Waals surface area contributed by atoms with Crippen LogP contribution in [0.5, 0.6) is 0 Å². The van der Waals surface area contributed by atoms with Gasteiger partial charge in [-0.2, -0.15) is 0 Å². The highest BCUT2D eigenvalue weighted by Gasteiger charge is 2.15. The molecule has 0 amide bonds. The van der Waals surface area contributed by atoms with Gasteiger partial charge in [0.05, 0.1) is 12.3 Å². The molecule has 0 radical (unpaired) electrons. The summed E-state index contributed by atoms with van der Waals surface area (Å²) in [6.45, 7) is 3.27. The van der Waals surface area contributed by atoms with E-state index >= 15 is 0 Å². The first-order chi connectivity index (χ1) is 9.42. The number of hydrogen-bond acceptors (Lipinski definition) is 2. The predicted molar refractivity (Wildman–Crippen MR) is 79.1 cm³/mol. The van der Waals surface area contributed by atoms with E-state index < -0.39 is 0 Å². The van der Waals surface area contributed by atoms with Crippen molar-refractivity contribution in [2.75, 3.05) is 6.54 Å². The fraction of sp³-hybridized carbons (Fsp3) is 0.412. The van der Waals surface area contributed by atoms with Crippen LogP contribution < -0.4 is 5.32 Å². The van der Waals surface area contributed by atoms with Crippen molar-refractivity contribution in [3.8, 4) is 0 Å². The average Bonchev–Trinajstić information content (AvgIpc) is 2.98. The first-order valence-corrected chi connectivity index (χ1v) is 7.23. The SMILES string of the molecule is CCCCCCNC(c1ccccc1)c1ccco1. The molecular formula is C17H23NO. The molecule has 1 aromatic heterocycles. The van der Waals surface area contributed by atoms with Crippen LogP contribution in [0.15, 0.2) is 53.1 Å². The Labute approximate surface area is 115 Å². The van der Waals surface area contributed by atoms with Crippen molar-refractivity contribution < 1.29 is 4.42 Å². The molecule has 0 saturated carbocycles. The van der Waals surface area contributed by atoms with Crippen LogP contribution in [0.1, 0.15) is 50.0 Å². The monoisotopic (exact) mass is 257 g/mol. The van der Waals surface area contributed by atoms with Crippen LogP contribution in [0.25, 0.3) is 0 Å². The second kappa shape index (κ2) is 7.80. The highest BCUT2D eigenvalue weighted by atomic mass is 16.3. The topological polar surface area (TPSA) is 25.2 Å². The number of rotatable bonds is 8. The van der Waals surface area contributed by atoms with Crippen LogP contribution >= 0.6 is 0 Å². The molecule has 0 aliphatic rings. The second-order valence-corrected chi connectivity index (χ2v) is 4.87. The van der Waals surface area contributed by atoms with E-state index in [1.807, 2.05) is 18.2 Å². The Balaban J connectivity index is 1.96. The van der Waals surface area contributed by atoms with Crippen LogP contribution in [-0.4, -0.2) is 6.54 Å². The van der Waals surface area contributed by atoms with Crippen molar-refractivity contribution in [3.05, 3.63) is 60.1 Å². The van der Waals surface area contributed by atoms with E-state index in [1.165, 1.54) is 31.2 Å². The predicted octanol–water partition coefficient (Wildman–Crippen LogP) is 4.54. The number of furan rings is 1. The van der Waals surface area contributed by atoms with E-state index in [0.717, 1.165) is 12.3 Å². The van der Waals surface area contributed by atoms with Gasteiger partial charge in [-0.05, 0) is 30.7 Å². The summed E-state index contributed by atoms with van der Waals surface area (Å²) in [7, 11) is 0. The number of hydrogen-bond donors (Lipinski definition) is 1. The zero-order valence-corrected chi connectivity index (χ0v) is 11.6. The lowest BCUT2D eigenvalue weighted by Gasteiger charge is -2.17. The molecule has 0 aliphatic heterocycles. The van der Waals surface area contributed by atoms with Gasteiger partial charge in [0.1, 0.15) is 5.76 Å². The third-order valence-corrected chi connectivity index (χ3v) is 3.34. The minimum absolute atomic E-state index is 0.165. The normalized spacial score (nSPS) is 12.5. The Hall–Kier alpha value is -1.54. The lowest BCUT2D eigenvalue weighted by molar-refractivity contribution is 0.441. The van der Waals surface area contributed by atoms with Gasteiger partial charge >= 0.3 is 0 Å². The zero-order chi connectivity index (χ0) is 13.3. The molecule has 2 rings (SSSR count). The van der Waals surface area contributed by atoms with Gasteiger partial charge in [-0.3, -0.25) is 0 Å². The number of unbranched alkanes of at least 4 members (excludes halogenated alkanes) is 3. The quantitative estimate of drug-likeness (QED) is 0.702. The lowest BCUT2D eigenvalue weighted by atomic mass is 10.0. The van der Waals surface area contributed by atoms with E-state index in [2.05, 4.69) is 36.5 Å². The highest BCUT2D eigenvalue weighted by molar-refractivity contribution is 5.26. The minimum Gasteiger partial charge on any atom is -0.467 e. The Morgan fingerprint density at radius 2 is 1.84 bits per heavy atom. The summed E-state index contributed by atoms with van der Waals surface area (Å²) < 4.78 is 5.57. The molecule has 0 aliphatic carbocycles. The number of benzene rings is 1. The van der Waals surface area contributed by atoms with Crippen LogP contribution in [0.4, 0.5) is 0 Å². The molecule has 1 heterocycles. The van der Waals surface area contributed by atoms with Gasteiger partial charge in [0.25, 0.3) is 0 Å². The van der Waals surface area contributed by atoms with Crippen LogP contribution in [0.2, 0.25) is 0 Å². The molecule has 1 N–H and O–H groups in total. The first kappa shape index (κ1) is 13.9. The minimum atomic E-state index is 0.165. The Bertz CT molecular complexity index is 436. The molecule has 0 saturated heterocycles. The molecule has 102 valence electrons. The summed E-state index contributed by atoms with van der Waals surface area (Å²) in [5, 5.41) is 3.60. The van der Waals surface area contributed by atoms with Crippen molar-refractivity contribution >= 4 is 0 Å². The molecule has 0 spiro atoms. The summed E-state index contributed by atoms with van der Waals surface area (Å²) >= 11 is 0. The van der Waals surface area contributed by atoms with Crippen molar-refractivity contribution in [1.29, 1.82) is 0 Å². The molecule has 2 heteroatoms. The summed E-state index contributed by atoms with van der Waals surface area (Å²) in [6.07, 6.45) is 6.85. The van der Waals surface area contributed by atoms with E-state index in [-0.39, 0.29) is 6.04 Å². The third-order valence-electron chi connectivity index (χ3n) is 3.34. The van der Waals surface area contributed by atoms with Crippen LogP contribution in [0, 0.1) is 0 Å². The van der Waals surface area contributed by atoms with Gasteiger partial charge < -0.3 is 9.73 Å².